The van der Waals surface area contributed by atoms with Crippen LogP contribution >= 0.6 is 0 Å². The molecule has 1 saturated carbocycles. The van der Waals surface area contributed by atoms with Crippen LogP contribution in [0.4, 0.5) is 0 Å². The molecule has 0 saturated heterocycles. The number of carbonyl (C=O) groups excluding carboxylic acids is 1. The van der Waals surface area contributed by atoms with E-state index in [4.69, 9.17) is 0 Å². The van der Waals surface area contributed by atoms with E-state index in [0.717, 1.165) is 38.8 Å². The van der Waals surface area contributed by atoms with Gasteiger partial charge in [-0.15, -0.1) is 0 Å². The largest absolute Gasteiger partial charge is 0.376 e. The lowest BCUT2D eigenvalue weighted by Crippen LogP contribution is -2.39. The lowest BCUT2D eigenvalue weighted by molar-refractivity contribution is -0.128. The van der Waals surface area contributed by atoms with Crippen molar-refractivity contribution in [3.8, 4) is 6.07 Å². The van der Waals surface area contributed by atoms with Crippen molar-refractivity contribution in [2.75, 3.05) is 20.1 Å². The van der Waals surface area contributed by atoms with Gasteiger partial charge in [-0.1, -0.05) is 33.1 Å². The fourth-order valence-electron chi connectivity index (χ4n) is 2.95. The maximum atomic E-state index is 12.5. The molecule has 1 aliphatic carbocycles. The van der Waals surface area contributed by atoms with Gasteiger partial charge in [0.2, 0.25) is 0 Å². The van der Waals surface area contributed by atoms with Gasteiger partial charge in [-0.3, -0.25) is 4.79 Å². The number of carbonyl (C=O) groups is 1. The zero-order valence-electron chi connectivity index (χ0n) is 13.8. The van der Waals surface area contributed by atoms with Crippen LogP contribution in [-0.4, -0.2) is 41.9 Å². The Morgan fingerprint density at radius 2 is 1.76 bits per heavy atom. The minimum absolute atomic E-state index is 0.124. The summed E-state index contributed by atoms with van der Waals surface area (Å²) < 4.78 is 0. The average Bonchev–Trinajstić information content (AvgIpc) is 2.52. The van der Waals surface area contributed by atoms with Crippen molar-refractivity contribution >= 4 is 5.91 Å². The number of nitriles is 1. The molecule has 0 aliphatic heterocycles. The molecule has 4 heteroatoms. The van der Waals surface area contributed by atoms with Crippen LogP contribution in [0.5, 0.6) is 0 Å². The summed E-state index contributed by atoms with van der Waals surface area (Å²) in [5, 5.41) is 9.34. The summed E-state index contributed by atoms with van der Waals surface area (Å²) >= 11 is 0. The highest BCUT2D eigenvalue weighted by molar-refractivity contribution is 5.97. The van der Waals surface area contributed by atoms with E-state index in [9.17, 15) is 10.1 Å². The number of likely N-dealkylation sites (N-methyl/N-ethyl adjacent to an activating group) is 1. The molecule has 118 valence electrons. The summed E-state index contributed by atoms with van der Waals surface area (Å²) in [5.41, 5.74) is 0.268. The van der Waals surface area contributed by atoms with Crippen molar-refractivity contribution in [2.45, 2.75) is 64.8 Å². The standard InChI is InChI=1S/C17H29N3O/c1-4-11-20(12-5-2)14-15(13-18)17(21)19(3)16-9-7-6-8-10-16/h14,16H,4-12H2,1-3H3/b15-14-. The third-order valence-electron chi connectivity index (χ3n) is 4.13. The van der Waals surface area contributed by atoms with Gasteiger partial charge in [0.25, 0.3) is 5.91 Å². The van der Waals surface area contributed by atoms with Gasteiger partial charge in [0, 0.05) is 32.4 Å². The Morgan fingerprint density at radius 1 is 1.19 bits per heavy atom. The Balaban J connectivity index is 2.76. The van der Waals surface area contributed by atoms with Crippen molar-refractivity contribution in [1.29, 1.82) is 5.26 Å². The van der Waals surface area contributed by atoms with Crippen molar-refractivity contribution in [2.24, 2.45) is 0 Å². The van der Waals surface area contributed by atoms with Gasteiger partial charge in [0.15, 0.2) is 0 Å². The Kier molecular flexibility index (Phi) is 7.89. The average molecular weight is 291 g/mol. The van der Waals surface area contributed by atoms with E-state index in [1.807, 2.05) is 7.05 Å². The third-order valence-corrected chi connectivity index (χ3v) is 4.13. The van der Waals surface area contributed by atoms with E-state index in [2.05, 4.69) is 24.8 Å². The summed E-state index contributed by atoms with van der Waals surface area (Å²) in [6, 6.07) is 2.40. The number of hydrogen-bond acceptors (Lipinski definition) is 3. The van der Waals surface area contributed by atoms with Crippen LogP contribution in [0.3, 0.4) is 0 Å². The molecule has 1 fully saturated rings. The van der Waals surface area contributed by atoms with Crippen molar-refractivity contribution < 1.29 is 4.79 Å². The first-order chi connectivity index (χ1) is 10.1. The molecule has 1 aliphatic rings. The molecule has 0 aromatic rings. The maximum Gasteiger partial charge on any atom is 0.265 e. The molecular formula is C17H29N3O. The second kappa shape index (κ2) is 9.44. The van der Waals surface area contributed by atoms with Gasteiger partial charge in [-0.05, 0) is 25.7 Å². The molecule has 1 rings (SSSR count). The van der Waals surface area contributed by atoms with Crippen LogP contribution in [0.1, 0.15) is 58.8 Å². The summed E-state index contributed by atoms with van der Waals surface area (Å²) in [7, 11) is 1.84. The quantitative estimate of drug-likeness (QED) is 0.534. The number of nitrogens with zero attached hydrogens (tertiary/aromatic N) is 3. The zero-order chi connectivity index (χ0) is 15.7. The molecule has 0 spiro atoms. The second-order valence-electron chi connectivity index (χ2n) is 5.90. The number of amides is 1. The molecule has 1 amide bonds. The van der Waals surface area contributed by atoms with Gasteiger partial charge in [-0.2, -0.15) is 5.26 Å². The van der Waals surface area contributed by atoms with E-state index in [0.29, 0.717) is 6.04 Å². The van der Waals surface area contributed by atoms with Gasteiger partial charge >= 0.3 is 0 Å². The summed E-state index contributed by atoms with van der Waals surface area (Å²) in [4.78, 5) is 16.4. The normalized spacial score (nSPS) is 16.4. The van der Waals surface area contributed by atoms with Crippen LogP contribution < -0.4 is 0 Å². The minimum Gasteiger partial charge on any atom is -0.376 e. The minimum atomic E-state index is -0.124. The first-order valence-corrected chi connectivity index (χ1v) is 8.27. The molecule has 0 radical (unpaired) electrons. The number of hydrogen-bond donors (Lipinski definition) is 0. The molecule has 0 unspecified atom stereocenters. The predicted octanol–water partition coefficient (Wildman–Crippen LogP) is 3.31. The van der Waals surface area contributed by atoms with Gasteiger partial charge in [-0.25, -0.2) is 0 Å². The van der Waals surface area contributed by atoms with Crippen molar-refractivity contribution in [3.63, 3.8) is 0 Å². The second-order valence-corrected chi connectivity index (χ2v) is 5.90. The number of rotatable bonds is 7. The molecule has 0 aromatic carbocycles. The van der Waals surface area contributed by atoms with Crippen molar-refractivity contribution in [3.05, 3.63) is 11.8 Å². The highest BCUT2D eigenvalue weighted by Gasteiger charge is 2.24. The summed E-state index contributed by atoms with van der Waals surface area (Å²) in [6.45, 7) is 6.00. The molecule has 0 aromatic heterocycles. The SMILES string of the molecule is CCCN(/C=C(/C#N)C(=O)N(C)C1CCCCC1)CCC. The first kappa shape index (κ1) is 17.6. The first-order valence-electron chi connectivity index (χ1n) is 8.27. The van der Waals surface area contributed by atoms with Crippen LogP contribution in [-0.2, 0) is 4.79 Å². The highest BCUT2D eigenvalue weighted by atomic mass is 16.2. The zero-order valence-corrected chi connectivity index (χ0v) is 13.8. The fraction of sp³-hybridized carbons (Fsp3) is 0.765. The van der Waals surface area contributed by atoms with Crippen LogP contribution in [0.15, 0.2) is 11.8 Å². The molecule has 21 heavy (non-hydrogen) atoms. The van der Waals surface area contributed by atoms with Crippen molar-refractivity contribution in [1.82, 2.24) is 9.80 Å². The molecular weight excluding hydrogens is 262 g/mol. The summed E-state index contributed by atoms with van der Waals surface area (Å²) in [6.07, 6.45) is 9.55. The lowest BCUT2D eigenvalue weighted by atomic mass is 9.94. The predicted molar refractivity (Wildman–Crippen MR) is 85.5 cm³/mol. The van der Waals surface area contributed by atoms with E-state index in [1.165, 1.54) is 19.3 Å². The Hall–Kier alpha value is -1.50. The molecule has 0 atom stereocenters. The molecule has 0 N–H and O–H groups in total. The van der Waals surface area contributed by atoms with E-state index in [-0.39, 0.29) is 11.5 Å². The topological polar surface area (TPSA) is 47.3 Å². The monoisotopic (exact) mass is 291 g/mol. The van der Waals surface area contributed by atoms with Gasteiger partial charge < -0.3 is 9.80 Å². The molecule has 0 bridgehead atoms. The van der Waals surface area contributed by atoms with E-state index >= 15 is 0 Å². The fourth-order valence-corrected chi connectivity index (χ4v) is 2.95. The van der Waals surface area contributed by atoms with Crippen LogP contribution in [0.2, 0.25) is 0 Å². The van der Waals surface area contributed by atoms with Crippen LogP contribution in [0, 0.1) is 11.3 Å². The Bertz CT molecular complexity index is 385. The summed E-state index contributed by atoms with van der Waals surface area (Å²) in [5.74, 6) is -0.124. The smallest absolute Gasteiger partial charge is 0.265 e. The van der Waals surface area contributed by atoms with E-state index < -0.39 is 0 Å². The molecule has 0 heterocycles. The van der Waals surface area contributed by atoms with Gasteiger partial charge in [0.05, 0.1) is 0 Å². The third kappa shape index (κ3) is 5.41. The van der Waals surface area contributed by atoms with Crippen LogP contribution in [0.25, 0.3) is 0 Å². The maximum absolute atomic E-state index is 12.5. The Labute approximate surface area is 129 Å². The Morgan fingerprint density at radius 3 is 2.24 bits per heavy atom. The lowest BCUT2D eigenvalue weighted by Gasteiger charge is -2.31. The highest BCUT2D eigenvalue weighted by Crippen LogP contribution is 2.22. The molecule has 4 nitrogen and oxygen atoms in total. The van der Waals surface area contributed by atoms with E-state index in [1.54, 1.807) is 11.1 Å². The van der Waals surface area contributed by atoms with Gasteiger partial charge in [0.1, 0.15) is 11.6 Å².